The molecule has 0 bridgehead atoms. The third-order valence-electron chi connectivity index (χ3n) is 3.74. The summed E-state index contributed by atoms with van der Waals surface area (Å²) in [4.78, 5) is 0. The number of fused-ring (bicyclic) bond motifs is 1. The Morgan fingerprint density at radius 3 is 2.95 bits per heavy atom. The first kappa shape index (κ1) is 14.4. The number of anilines is 1. The Labute approximate surface area is 133 Å². The molecule has 1 unspecified atom stereocenters. The van der Waals surface area contributed by atoms with Crippen LogP contribution in [0, 0.1) is 6.92 Å². The molecule has 0 aromatic heterocycles. The lowest BCUT2D eigenvalue weighted by atomic mass is 9.98. The van der Waals surface area contributed by atoms with E-state index in [0.717, 1.165) is 28.8 Å². The summed E-state index contributed by atoms with van der Waals surface area (Å²) in [6.45, 7) is 3.20. The van der Waals surface area contributed by atoms with E-state index in [2.05, 4.69) is 34.1 Å². The van der Waals surface area contributed by atoms with Crippen LogP contribution in [0.3, 0.4) is 0 Å². The Hall–Kier alpha value is -1.52. The van der Waals surface area contributed by atoms with E-state index in [0.29, 0.717) is 12.3 Å². The van der Waals surface area contributed by atoms with Crippen molar-refractivity contribution in [1.82, 2.24) is 0 Å². The fourth-order valence-electron chi connectivity index (χ4n) is 2.73. The van der Waals surface area contributed by atoms with E-state index < -0.39 is 0 Å². The SMILES string of the molecule is Cc1cc(Br)cc(N)c1OCC1OCCc2ccccc21. The second-order valence-corrected chi connectivity index (χ2v) is 6.18. The molecule has 3 rings (SSSR count). The number of aryl methyl sites for hydroxylation is 1. The summed E-state index contributed by atoms with van der Waals surface area (Å²) in [5.41, 5.74) is 10.3. The highest BCUT2D eigenvalue weighted by Gasteiger charge is 2.21. The largest absolute Gasteiger partial charge is 0.488 e. The minimum Gasteiger partial charge on any atom is -0.488 e. The fourth-order valence-corrected chi connectivity index (χ4v) is 3.32. The van der Waals surface area contributed by atoms with Gasteiger partial charge in [0.05, 0.1) is 12.3 Å². The van der Waals surface area contributed by atoms with Gasteiger partial charge in [0.1, 0.15) is 18.5 Å². The number of rotatable bonds is 3. The first-order valence-corrected chi connectivity index (χ1v) is 7.82. The first-order valence-electron chi connectivity index (χ1n) is 7.03. The lowest BCUT2D eigenvalue weighted by Crippen LogP contribution is -2.22. The number of halogens is 1. The molecule has 110 valence electrons. The number of hydrogen-bond donors (Lipinski definition) is 1. The van der Waals surface area contributed by atoms with Crippen LogP contribution >= 0.6 is 15.9 Å². The molecule has 0 saturated heterocycles. The number of benzene rings is 2. The predicted molar refractivity (Wildman–Crippen MR) is 87.6 cm³/mol. The van der Waals surface area contributed by atoms with Crippen LogP contribution in [0.2, 0.25) is 0 Å². The molecule has 2 N–H and O–H groups in total. The number of nitrogens with two attached hydrogens (primary N) is 1. The van der Waals surface area contributed by atoms with Crippen molar-refractivity contribution in [3.63, 3.8) is 0 Å². The number of ether oxygens (including phenoxy) is 2. The van der Waals surface area contributed by atoms with Crippen LogP contribution < -0.4 is 10.5 Å². The maximum absolute atomic E-state index is 6.04. The van der Waals surface area contributed by atoms with Crippen LogP contribution in [-0.2, 0) is 11.2 Å². The molecule has 1 heterocycles. The molecule has 1 aliphatic rings. The molecule has 0 saturated carbocycles. The minimum atomic E-state index is -0.0302. The van der Waals surface area contributed by atoms with Gasteiger partial charge in [-0.3, -0.25) is 0 Å². The highest BCUT2D eigenvalue weighted by atomic mass is 79.9. The summed E-state index contributed by atoms with van der Waals surface area (Å²) in [6.07, 6.45) is 0.934. The molecule has 0 amide bonds. The molecular formula is C17H18BrNO2. The lowest BCUT2D eigenvalue weighted by Gasteiger charge is -2.26. The molecular weight excluding hydrogens is 330 g/mol. The summed E-state index contributed by atoms with van der Waals surface area (Å²) >= 11 is 3.44. The van der Waals surface area contributed by atoms with Crippen molar-refractivity contribution in [2.45, 2.75) is 19.4 Å². The fraction of sp³-hybridized carbons (Fsp3) is 0.294. The van der Waals surface area contributed by atoms with E-state index >= 15 is 0 Å². The second kappa shape index (κ2) is 6.08. The molecule has 0 aliphatic carbocycles. The molecule has 4 heteroatoms. The van der Waals surface area contributed by atoms with Gasteiger partial charge in [0, 0.05) is 4.47 Å². The Morgan fingerprint density at radius 1 is 1.33 bits per heavy atom. The summed E-state index contributed by atoms with van der Waals surface area (Å²) in [7, 11) is 0. The van der Waals surface area contributed by atoms with Crippen molar-refractivity contribution in [3.05, 3.63) is 57.6 Å². The maximum Gasteiger partial charge on any atom is 0.145 e. The van der Waals surface area contributed by atoms with Crippen molar-refractivity contribution < 1.29 is 9.47 Å². The van der Waals surface area contributed by atoms with Crippen LogP contribution in [0.15, 0.2) is 40.9 Å². The van der Waals surface area contributed by atoms with E-state index in [4.69, 9.17) is 15.2 Å². The molecule has 0 fully saturated rings. The molecule has 2 aromatic carbocycles. The van der Waals surface area contributed by atoms with Crippen LogP contribution in [0.1, 0.15) is 22.8 Å². The Bertz CT molecular complexity index is 634. The lowest BCUT2D eigenvalue weighted by molar-refractivity contribution is 0.0102. The number of hydrogen-bond acceptors (Lipinski definition) is 3. The zero-order valence-corrected chi connectivity index (χ0v) is 13.5. The second-order valence-electron chi connectivity index (χ2n) is 5.26. The zero-order chi connectivity index (χ0) is 14.8. The van der Waals surface area contributed by atoms with Crippen molar-refractivity contribution in [2.75, 3.05) is 18.9 Å². The predicted octanol–water partition coefficient (Wildman–Crippen LogP) is 4.03. The molecule has 3 nitrogen and oxygen atoms in total. The van der Waals surface area contributed by atoms with E-state index in [1.807, 2.05) is 25.1 Å². The molecule has 0 radical (unpaired) electrons. The van der Waals surface area contributed by atoms with Crippen LogP contribution in [0.25, 0.3) is 0 Å². The van der Waals surface area contributed by atoms with Gasteiger partial charge in [0.15, 0.2) is 0 Å². The molecule has 1 atom stereocenters. The van der Waals surface area contributed by atoms with E-state index in [-0.39, 0.29) is 6.10 Å². The van der Waals surface area contributed by atoms with E-state index in [1.165, 1.54) is 11.1 Å². The maximum atomic E-state index is 6.04. The molecule has 1 aliphatic heterocycles. The molecule has 21 heavy (non-hydrogen) atoms. The van der Waals surface area contributed by atoms with E-state index in [9.17, 15) is 0 Å². The van der Waals surface area contributed by atoms with Crippen LogP contribution in [0.4, 0.5) is 5.69 Å². The van der Waals surface area contributed by atoms with Gasteiger partial charge in [-0.15, -0.1) is 0 Å². The van der Waals surface area contributed by atoms with E-state index in [1.54, 1.807) is 0 Å². The van der Waals surface area contributed by atoms with Crippen molar-refractivity contribution in [1.29, 1.82) is 0 Å². The Kier molecular flexibility index (Phi) is 4.17. The standard InChI is InChI=1S/C17H18BrNO2/c1-11-8-13(18)9-15(19)17(11)21-10-16-14-5-3-2-4-12(14)6-7-20-16/h2-5,8-9,16H,6-7,10,19H2,1H3. The van der Waals surface area contributed by atoms with Gasteiger partial charge >= 0.3 is 0 Å². The van der Waals surface area contributed by atoms with Gasteiger partial charge in [-0.2, -0.15) is 0 Å². The van der Waals surface area contributed by atoms with Gasteiger partial charge in [0.2, 0.25) is 0 Å². The van der Waals surface area contributed by atoms with Crippen LogP contribution in [-0.4, -0.2) is 13.2 Å². The minimum absolute atomic E-state index is 0.0302. The van der Waals surface area contributed by atoms with Gasteiger partial charge in [-0.05, 0) is 42.2 Å². The van der Waals surface area contributed by atoms with Crippen molar-refractivity contribution in [2.24, 2.45) is 0 Å². The molecule has 2 aromatic rings. The zero-order valence-electron chi connectivity index (χ0n) is 11.9. The smallest absolute Gasteiger partial charge is 0.145 e. The van der Waals surface area contributed by atoms with Crippen molar-refractivity contribution >= 4 is 21.6 Å². The van der Waals surface area contributed by atoms with Crippen molar-refractivity contribution in [3.8, 4) is 5.75 Å². The highest BCUT2D eigenvalue weighted by molar-refractivity contribution is 9.10. The quantitative estimate of drug-likeness (QED) is 0.852. The van der Waals surface area contributed by atoms with Gasteiger partial charge < -0.3 is 15.2 Å². The average Bonchev–Trinajstić information content (AvgIpc) is 2.46. The summed E-state index contributed by atoms with van der Waals surface area (Å²) < 4.78 is 12.8. The van der Waals surface area contributed by atoms with Gasteiger partial charge in [-0.1, -0.05) is 40.2 Å². The highest BCUT2D eigenvalue weighted by Crippen LogP contribution is 2.32. The molecule has 0 spiro atoms. The Morgan fingerprint density at radius 2 is 2.14 bits per heavy atom. The third kappa shape index (κ3) is 3.06. The Balaban J connectivity index is 1.78. The summed E-state index contributed by atoms with van der Waals surface area (Å²) in [6, 6.07) is 12.2. The summed E-state index contributed by atoms with van der Waals surface area (Å²) in [5, 5.41) is 0. The number of nitrogen functional groups attached to an aromatic ring is 1. The first-order chi connectivity index (χ1) is 10.1. The van der Waals surface area contributed by atoms with Gasteiger partial charge in [-0.25, -0.2) is 0 Å². The normalized spacial score (nSPS) is 17.3. The monoisotopic (exact) mass is 347 g/mol. The average molecular weight is 348 g/mol. The van der Waals surface area contributed by atoms with Crippen LogP contribution in [0.5, 0.6) is 5.75 Å². The topological polar surface area (TPSA) is 44.5 Å². The summed E-state index contributed by atoms with van der Waals surface area (Å²) in [5.74, 6) is 0.741. The third-order valence-corrected chi connectivity index (χ3v) is 4.20. The van der Waals surface area contributed by atoms with Gasteiger partial charge in [0.25, 0.3) is 0 Å².